The number of nitrogens with zero attached hydrogens (tertiary/aromatic N) is 2. The standard InChI is InChI=1S/C28H28N6O5S/c29-22-23(26(30)35)33-40-25(22)28(37)34(16-10-11-20-21(12-16)39-14-38-20)24(27(36)32-15-6-2-1-3-7-15)18-13-31-19-9-5-4-8-17(18)19/h4-5,8-13,15,24,31H,1-3,6-7,14,29H2,(H2,30,35)(H,32,36). The van der Waals surface area contributed by atoms with Crippen molar-refractivity contribution in [1.82, 2.24) is 14.7 Å². The van der Waals surface area contributed by atoms with Crippen LogP contribution in [0.1, 0.15) is 63.9 Å². The lowest BCUT2D eigenvalue weighted by atomic mass is 9.94. The Morgan fingerprint density at radius 2 is 1.85 bits per heavy atom. The minimum absolute atomic E-state index is 0.00164. The Morgan fingerprint density at radius 1 is 1.07 bits per heavy atom. The van der Waals surface area contributed by atoms with E-state index in [1.165, 1.54) is 4.90 Å². The van der Waals surface area contributed by atoms with Gasteiger partial charge >= 0.3 is 0 Å². The number of anilines is 2. The highest BCUT2D eigenvalue weighted by molar-refractivity contribution is 7.09. The first-order valence-corrected chi connectivity index (χ1v) is 13.8. The molecule has 206 valence electrons. The van der Waals surface area contributed by atoms with Gasteiger partial charge in [-0.25, -0.2) is 0 Å². The number of nitrogens with two attached hydrogens (primary N) is 2. The van der Waals surface area contributed by atoms with Gasteiger partial charge < -0.3 is 31.2 Å². The number of aromatic amines is 1. The lowest BCUT2D eigenvalue weighted by Gasteiger charge is -2.33. The van der Waals surface area contributed by atoms with Crippen molar-refractivity contribution in [2.45, 2.75) is 44.2 Å². The molecule has 6 rings (SSSR count). The lowest BCUT2D eigenvalue weighted by molar-refractivity contribution is -0.123. The number of H-pyrrole nitrogens is 1. The SMILES string of the molecule is NC(=O)c1nsc(C(=O)N(c2ccc3c(c2)OCO3)C(C(=O)NC2CCCCC2)c2c[nH]c3ccccc23)c1N. The fraction of sp³-hybridized carbons (Fsp3) is 0.286. The van der Waals surface area contributed by atoms with Crippen LogP contribution in [0.5, 0.6) is 11.5 Å². The zero-order chi connectivity index (χ0) is 27.8. The number of carbonyl (C=O) groups is 3. The van der Waals surface area contributed by atoms with Crippen LogP contribution in [0.2, 0.25) is 0 Å². The molecule has 40 heavy (non-hydrogen) atoms. The molecule has 11 nitrogen and oxygen atoms in total. The van der Waals surface area contributed by atoms with Gasteiger partial charge in [0.15, 0.2) is 17.2 Å². The number of nitrogens with one attached hydrogen (secondary N) is 2. The van der Waals surface area contributed by atoms with Crippen LogP contribution in [0, 0.1) is 0 Å². The summed E-state index contributed by atoms with van der Waals surface area (Å²) in [5.41, 5.74) is 13.1. The Morgan fingerprint density at radius 3 is 2.62 bits per heavy atom. The van der Waals surface area contributed by atoms with Gasteiger partial charge in [-0.15, -0.1) is 0 Å². The number of fused-ring (bicyclic) bond motifs is 2. The molecule has 1 aliphatic heterocycles. The summed E-state index contributed by atoms with van der Waals surface area (Å²) in [7, 11) is 0. The Kier molecular flexibility index (Phi) is 6.76. The van der Waals surface area contributed by atoms with Gasteiger partial charge in [-0.1, -0.05) is 37.5 Å². The predicted octanol–water partition coefficient (Wildman–Crippen LogP) is 3.87. The van der Waals surface area contributed by atoms with Gasteiger partial charge in [0.1, 0.15) is 10.9 Å². The number of ether oxygens (including phenoxy) is 2. The normalized spacial score (nSPS) is 15.6. The van der Waals surface area contributed by atoms with E-state index in [-0.39, 0.29) is 35.0 Å². The maximum atomic E-state index is 14.4. The van der Waals surface area contributed by atoms with Crippen molar-refractivity contribution in [3.8, 4) is 11.5 Å². The molecule has 1 atom stereocenters. The Bertz CT molecular complexity index is 1610. The topological polar surface area (TPSA) is 166 Å². The minimum Gasteiger partial charge on any atom is -0.454 e. The molecule has 12 heteroatoms. The van der Waals surface area contributed by atoms with Gasteiger partial charge in [-0.2, -0.15) is 4.37 Å². The number of nitrogen functional groups attached to an aromatic ring is 1. The number of hydrogen-bond acceptors (Lipinski definition) is 8. The van der Waals surface area contributed by atoms with Gasteiger partial charge in [-0.3, -0.25) is 19.3 Å². The number of amides is 3. The molecule has 3 amide bonds. The number of aromatic nitrogens is 2. The van der Waals surface area contributed by atoms with Crippen molar-refractivity contribution >= 4 is 51.5 Å². The molecule has 0 radical (unpaired) electrons. The largest absolute Gasteiger partial charge is 0.454 e. The van der Waals surface area contributed by atoms with E-state index in [1.54, 1.807) is 24.4 Å². The summed E-state index contributed by atoms with van der Waals surface area (Å²) in [5, 5.41) is 3.99. The highest BCUT2D eigenvalue weighted by Gasteiger charge is 2.38. The van der Waals surface area contributed by atoms with E-state index < -0.39 is 17.9 Å². The summed E-state index contributed by atoms with van der Waals surface area (Å²) in [5.74, 6) is -0.808. The van der Waals surface area contributed by atoms with Crippen molar-refractivity contribution in [2.24, 2.45) is 5.73 Å². The summed E-state index contributed by atoms with van der Waals surface area (Å²) >= 11 is 0.764. The van der Waals surface area contributed by atoms with E-state index in [4.69, 9.17) is 20.9 Å². The van der Waals surface area contributed by atoms with Crippen LogP contribution in [0.25, 0.3) is 10.9 Å². The Labute approximate surface area is 233 Å². The molecule has 1 unspecified atom stereocenters. The average molecular weight is 561 g/mol. The number of para-hydroxylation sites is 1. The summed E-state index contributed by atoms with van der Waals surface area (Å²) in [6.07, 6.45) is 6.67. The van der Waals surface area contributed by atoms with Gasteiger partial charge in [-0.05, 0) is 42.6 Å². The zero-order valence-corrected chi connectivity index (χ0v) is 22.3. The van der Waals surface area contributed by atoms with E-state index in [2.05, 4.69) is 14.7 Å². The van der Waals surface area contributed by atoms with Crippen LogP contribution in [0.4, 0.5) is 11.4 Å². The van der Waals surface area contributed by atoms with Crippen LogP contribution < -0.4 is 31.2 Å². The second-order valence-corrected chi connectivity index (χ2v) is 10.7. The van der Waals surface area contributed by atoms with E-state index in [0.29, 0.717) is 22.7 Å². The molecule has 1 fully saturated rings. The van der Waals surface area contributed by atoms with Crippen molar-refractivity contribution in [1.29, 1.82) is 0 Å². The molecule has 0 saturated heterocycles. The van der Waals surface area contributed by atoms with Gasteiger partial charge in [0.25, 0.3) is 11.8 Å². The number of benzene rings is 2. The first-order chi connectivity index (χ1) is 19.4. The van der Waals surface area contributed by atoms with Crippen LogP contribution in [0.15, 0.2) is 48.7 Å². The van der Waals surface area contributed by atoms with Gasteiger partial charge in [0, 0.05) is 40.5 Å². The van der Waals surface area contributed by atoms with Gasteiger partial charge in [0.05, 0.1) is 5.69 Å². The fourth-order valence-corrected chi connectivity index (χ4v) is 6.14. The highest BCUT2D eigenvalue weighted by Crippen LogP contribution is 2.41. The maximum absolute atomic E-state index is 14.4. The van der Waals surface area contributed by atoms with Crippen LogP contribution in [-0.4, -0.2) is 39.9 Å². The minimum atomic E-state index is -1.09. The third-order valence-electron chi connectivity index (χ3n) is 7.38. The molecule has 4 aromatic rings. The first kappa shape index (κ1) is 25.7. The van der Waals surface area contributed by atoms with E-state index in [0.717, 1.165) is 54.5 Å². The van der Waals surface area contributed by atoms with Crippen molar-refractivity contribution in [2.75, 3.05) is 17.4 Å². The van der Waals surface area contributed by atoms with Crippen molar-refractivity contribution in [3.05, 3.63) is 64.8 Å². The van der Waals surface area contributed by atoms with E-state index in [1.807, 2.05) is 24.3 Å². The quantitative estimate of drug-likeness (QED) is 0.266. The number of primary amides is 1. The molecule has 2 aliphatic rings. The summed E-state index contributed by atoms with van der Waals surface area (Å²) in [6, 6.07) is 11.5. The van der Waals surface area contributed by atoms with Crippen LogP contribution in [0.3, 0.4) is 0 Å². The lowest BCUT2D eigenvalue weighted by Crippen LogP contribution is -2.47. The molecular weight excluding hydrogens is 532 g/mol. The van der Waals surface area contributed by atoms with E-state index >= 15 is 0 Å². The molecule has 6 N–H and O–H groups in total. The summed E-state index contributed by atoms with van der Waals surface area (Å²) < 4.78 is 15.1. The predicted molar refractivity (Wildman–Crippen MR) is 150 cm³/mol. The smallest absolute Gasteiger partial charge is 0.273 e. The highest BCUT2D eigenvalue weighted by atomic mass is 32.1. The molecule has 1 saturated carbocycles. The molecule has 3 heterocycles. The molecular formula is C28H28N6O5S. The third kappa shape index (κ3) is 4.60. The maximum Gasteiger partial charge on any atom is 0.273 e. The van der Waals surface area contributed by atoms with Crippen LogP contribution in [-0.2, 0) is 4.79 Å². The molecule has 1 aliphatic carbocycles. The summed E-state index contributed by atoms with van der Waals surface area (Å²) in [4.78, 5) is 45.1. The van der Waals surface area contributed by atoms with Crippen molar-refractivity contribution in [3.63, 3.8) is 0 Å². The average Bonchev–Trinajstić information content (AvgIpc) is 3.69. The third-order valence-corrected chi connectivity index (χ3v) is 8.23. The Balaban J connectivity index is 1.52. The molecule has 0 bridgehead atoms. The summed E-state index contributed by atoms with van der Waals surface area (Å²) in [6.45, 7) is 0.0462. The molecule has 0 spiro atoms. The second kappa shape index (κ2) is 10.5. The monoisotopic (exact) mass is 560 g/mol. The van der Waals surface area contributed by atoms with Crippen LogP contribution >= 0.6 is 11.5 Å². The number of rotatable bonds is 7. The zero-order valence-electron chi connectivity index (χ0n) is 21.5. The Hall–Kier alpha value is -4.58. The first-order valence-electron chi connectivity index (χ1n) is 13.1. The van der Waals surface area contributed by atoms with Gasteiger partial charge in [0.2, 0.25) is 12.7 Å². The van der Waals surface area contributed by atoms with Crippen molar-refractivity contribution < 1.29 is 23.9 Å². The van der Waals surface area contributed by atoms with E-state index in [9.17, 15) is 14.4 Å². The number of carbonyl (C=O) groups excluding carboxylic acids is 3. The molecule has 2 aromatic carbocycles. The molecule has 2 aromatic heterocycles. The number of hydrogen-bond donors (Lipinski definition) is 4. The fourth-order valence-electron chi connectivity index (χ4n) is 5.40. The second-order valence-electron chi connectivity index (χ2n) is 9.89.